The van der Waals surface area contributed by atoms with E-state index < -0.39 is 0 Å². The summed E-state index contributed by atoms with van der Waals surface area (Å²) in [6, 6.07) is 0.546. The fraction of sp³-hybridized carbons (Fsp3) is 0.529. The molecule has 0 radical (unpaired) electrons. The van der Waals surface area contributed by atoms with Gasteiger partial charge in [-0.05, 0) is 37.3 Å². The largest absolute Gasteiger partial charge is 0.292 e. The van der Waals surface area contributed by atoms with Gasteiger partial charge in [0, 0.05) is 19.1 Å². The summed E-state index contributed by atoms with van der Waals surface area (Å²) in [4.78, 5) is 2.63. The molecule has 0 aromatic rings. The summed E-state index contributed by atoms with van der Waals surface area (Å²) < 4.78 is 0. The molecule has 0 spiro atoms. The number of hydrogen-bond donors (Lipinski definition) is 0. The first-order chi connectivity index (χ1) is 8.67. The minimum Gasteiger partial charge on any atom is -0.292 e. The first-order valence-electron chi connectivity index (χ1n) is 7.09. The molecule has 0 bridgehead atoms. The Balaban J connectivity index is 2.25. The topological polar surface area (TPSA) is 3.24 Å². The zero-order valence-corrected chi connectivity index (χ0v) is 11.8. The van der Waals surface area contributed by atoms with Gasteiger partial charge >= 0.3 is 0 Å². The van der Waals surface area contributed by atoms with Crippen LogP contribution in [0.15, 0.2) is 47.6 Å². The number of rotatable bonds is 3. The molecule has 0 aliphatic carbocycles. The van der Waals surface area contributed by atoms with Gasteiger partial charge in [0.1, 0.15) is 0 Å². The summed E-state index contributed by atoms with van der Waals surface area (Å²) in [5, 5.41) is 0. The highest BCUT2D eigenvalue weighted by molar-refractivity contribution is 5.41. The van der Waals surface area contributed by atoms with Crippen molar-refractivity contribution in [3.8, 4) is 0 Å². The van der Waals surface area contributed by atoms with Crippen molar-refractivity contribution in [2.45, 2.75) is 45.6 Å². The SMILES string of the molecule is C=C/C=C1\C(=C)CCN2CC(CCC)=C(C)CC12. The minimum absolute atomic E-state index is 0.546. The van der Waals surface area contributed by atoms with Crippen molar-refractivity contribution in [2.24, 2.45) is 0 Å². The van der Waals surface area contributed by atoms with Crippen LogP contribution >= 0.6 is 0 Å². The summed E-state index contributed by atoms with van der Waals surface area (Å²) in [5.74, 6) is 0. The van der Waals surface area contributed by atoms with Crippen molar-refractivity contribution < 1.29 is 0 Å². The van der Waals surface area contributed by atoms with E-state index in [1.54, 1.807) is 11.1 Å². The quantitative estimate of drug-likeness (QED) is 0.670. The van der Waals surface area contributed by atoms with E-state index in [0.717, 1.165) is 13.0 Å². The molecule has 0 amide bonds. The Bertz CT molecular complexity index is 411. The lowest BCUT2D eigenvalue weighted by Crippen LogP contribution is -2.45. The molecule has 2 aliphatic rings. The van der Waals surface area contributed by atoms with Crippen molar-refractivity contribution in [3.63, 3.8) is 0 Å². The van der Waals surface area contributed by atoms with Crippen LogP contribution in [0.5, 0.6) is 0 Å². The first-order valence-corrected chi connectivity index (χ1v) is 7.09. The maximum atomic E-state index is 4.23. The Kier molecular flexibility index (Phi) is 4.23. The van der Waals surface area contributed by atoms with E-state index in [-0.39, 0.29) is 0 Å². The van der Waals surface area contributed by atoms with Crippen molar-refractivity contribution in [1.29, 1.82) is 0 Å². The molecule has 18 heavy (non-hydrogen) atoms. The first kappa shape index (κ1) is 13.4. The Labute approximate surface area is 112 Å². The molecule has 0 aromatic carbocycles. The van der Waals surface area contributed by atoms with Gasteiger partial charge in [-0.3, -0.25) is 4.90 Å². The molecule has 2 rings (SSSR count). The molecule has 0 aromatic heterocycles. The molecule has 2 aliphatic heterocycles. The van der Waals surface area contributed by atoms with Crippen LogP contribution in [0.3, 0.4) is 0 Å². The molecule has 1 fully saturated rings. The lowest BCUT2D eigenvalue weighted by Gasteiger charge is -2.43. The Hall–Kier alpha value is -1.08. The lowest BCUT2D eigenvalue weighted by atomic mass is 9.82. The number of piperidine rings is 1. The third-order valence-electron chi connectivity index (χ3n) is 4.26. The zero-order valence-electron chi connectivity index (χ0n) is 11.8. The van der Waals surface area contributed by atoms with Gasteiger partial charge in [0.05, 0.1) is 0 Å². The number of nitrogens with zero attached hydrogens (tertiary/aromatic N) is 1. The number of hydrogen-bond acceptors (Lipinski definition) is 1. The Morgan fingerprint density at radius 3 is 2.89 bits per heavy atom. The third kappa shape index (κ3) is 2.51. The van der Waals surface area contributed by atoms with E-state index in [0.29, 0.717) is 6.04 Å². The number of fused-ring (bicyclic) bond motifs is 1. The fourth-order valence-electron chi connectivity index (χ4n) is 3.20. The van der Waals surface area contributed by atoms with Crippen molar-refractivity contribution in [1.82, 2.24) is 4.90 Å². The highest BCUT2D eigenvalue weighted by atomic mass is 15.2. The van der Waals surface area contributed by atoms with Gasteiger partial charge in [0.25, 0.3) is 0 Å². The van der Waals surface area contributed by atoms with Crippen LogP contribution in [0.4, 0.5) is 0 Å². The predicted octanol–water partition coefficient (Wildman–Crippen LogP) is 4.25. The standard InChI is InChI=1S/C17H25N/c1-5-7-15-12-18-10-9-13(3)16(8-6-2)17(18)11-14(15)4/h6,8,17H,2-3,5,7,9-12H2,1,4H3/b16-8+. The van der Waals surface area contributed by atoms with Gasteiger partial charge in [-0.15, -0.1) is 0 Å². The van der Waals surface area contributed by atoms with Crippen LogP contribution in [0.2, 0.25) is 0 Å². The van der Waals surface area contributed by atoms with Crippen molar-refractivity contribution >= 4 is 0 Å². The lowest BCUT2D eigenvalue weighted by molar-refractivity contribution is 0.208. The molecule has 1 unspecified atom stereocenters. The zero-order chi connectivity index (χ0) is 13.1. The molecule has 1 atom stereocenters. The Morgan fingerprint density at radius 1 is 1.44 bits per heavy atom. The van der Waals surface area contributed by atoms with Crippen LogP contribution in [-0.4, -0.2) is 24.0 Å². The molecule has 2 heterocycles. The highest BCUT2D eigenvalue weighted by Gasteiger charge is 2.32. The van der Waals surface area contributed by atoms with Gasteiger partial charge in [-0.25, -0.2) is 0 Å². The van der Waals surface area contributed by atoms with Crippen LogP contribution in [0.25, 0.3) is 0 Å². The predicted molar refractivity (Wildman–Crippen MR) is 79.6 cm³/mol. The average Bonchev–Trinajstić information content (AvgIpc) is 2.35. The van der Waals surface area contributed by atoms with Crippen molar-refractivity contribution in [3.05, 3.63) is 47.6 Å². The monoisotopic (exact) mass is 243 g/mol. The maximum Gasteiger partial charge on any atom is 0.0391 e. The Morgan fingerprint density at radius 2 is 2.22 bits per heavy atom. The van der Waals surface area contributed by atoms with E-state index >= 15 is 0 Å². The molecule has 0 saturated carbocycles. The van der Waals surface area contributed by atoms with E-state index in [9.17, 15) is 0 Å². The molecule has 1 nitrogen and oxygen atoms in total. The maximum absolute atomic E-state index is 4.23. The molecule has 1 saturated heterocycles. The molecule has 0 N–H and O–H groups in total. The van der Waals surface area contributed by atoms with Gasteiger partial charge < -0.3 is 0 Å². The fourth-order valence-corrected chi connectivity index (χ4v) is 3.20. The van der Waals surface area contributed by atoms with E-state index in [4.69, 9.17) is 0 Å². The van der Waals surface area contributed by atoms with Crippen LogP contribution in [0, 0.1) is 0 Å². The summed E-state index contributed by atoms with van der Waals surface area (Å²) in [6.45, 7) is 15.0. The van der Waals surface area contributed by atoms with Gasteiger partial charge in [0.2, 0.25) is 0 Å². The summed E-state index contributed by atoms with van der Waals surface area (Å²) in [6.07, 6.45) is 8.87. The average molecular weight is 243 g/mol. The second-order valence-corrected chi connectivity index (χ2v) is 5.54. The second kappa shape index (κ2) is 5.71. The van der Waals surface area contributed by atoms with Gasteiger partial charge in [0.15, 0.2) is 0 Å². The number of allylic oxidation sites excluding steroid dienone is 2. The van der Waals surface area contributed by atoms with Crippen LogP contribution in [-0.2, 0) is 0 Å². The minimum atomic E-state index is 0.546. The second-order valence-electron chi connectivity index (χ2n) is 5.54. The molecule has 1 heteroatoms. The molecular formula is C17H25N. The van der Waals surface area contributed by atoms with E-state index in [1.165, 1.54) is 37.0 Å². The van der Waals surface area contributed by atoms with E-state index in [2.05, 4.69) is 38.0 Å². The van der Waals surface area contributed by atoms with E-state index in [1.807, 2.05) is 6.08 Å². The summed E-state index contributed by atoms with van der Waals surface area (Å²) in [5.41, 5.74) is 5.98. The highest BCUT2D eigenvalue weighted by Crippen LogP contribution is 2.36. The normalized spacial score (nSPS) is 27.6. The van der Waals surface area contributed by atoms with Crippen LogP contribution in [0.1, 0.15) is 39.5 Å². The summed E-state index contributed by atoms with van der Waals surface area (Å²) in [7, 11) is 0. The van der Waals surface area contributed by atoms with Gasteiger partial charge in [-0.1, -0.05) is 49.8 Å². The van der Waals surface area contributed by atoms with Crippen LogP contribution < -0.4 is 0 Å². The molecule has 98 valence electrons. The van der Waals surface area contributed by atoms with Crippen molar-refractivity contribution in [2.75, 3.05) is 13.1 Å². The van der Waals surface area contributed by atoms with Gasteiger partial charge in [-0.2, -0.15) is 0 Å². The molecular weight excluding hydrogens is 218 g/mol. The smallest absolute Gasteiger partial charge is 0.0391 e. The summed E-state index contributed by atoms with van der Waals surface area (Å²) >= 11 is 0. The third-order valence-corrected chi connectivity index (χ3v) is 4.26.